The number of aromatic nitrogens is 3. The van der Waals surface area contributed by atoms with Gasteiger partial charge in [0.25, 0.3) is 0 Å². The van der Waals surface area contributed by atoms with Gasteiger partial charge in [0.05, 0.1) is 5.92 Å². The zero-order valence-electron chi connectivity index (χ0n) is 13.8. The van der Waals surface area contributed by atoms with Crippen molar-refractivity contribution < 1.29 is 4.79 Å². The van der Waals surface area contributed by atoms with Gasteiger partial charge in [0.15, 0.2) is 5.82 Å². The van der Waals surface area contributed by atoms with Crippen LogP contribution in [0.1, 0.15) is 37.3 Å². The van der Waals surface area contributed by atoms with Gasteiger partial charge in [-0.25, -0.2) is 9.78 Å². The average molecular weight is 368 g/mol. The average Bonchev–Trinajstić information content (AvgIpc) is 2.78. The Balaban J connectivity index is 1.61. The van der Waals surface area contributed by atoms with Gasteiger partial charge in [-0.15, -0.1) is 0 Å². The summed E-state index contributed by atoms with van der Waals surface area (Å²) in [5.74, 6) is 2.26. The maximum atomic E-state index is 12.3. The first-order valence-corrected chi connectivity index (χ1v) is 8.52. The summed E-state index contributed by atoms with van der Waals surface area (Å²) in [7, 11) is 1.89. The van der Waals surface area contributed by atoms with E-state index in [1.54, 1.807) is 23.1 Å². The van der Waals surface area contributed by atoms with E-state index in [-0.39, 0.29) is 17.9 Å². The lowest BCUT2D eigenvalue weighted by molar-refractivity contribution is 0.159. The molecule has 1 fully saturated rings. The quantitative estimate of drug-likeness (QED) is 0.895. The van der Waals surface area contributed by atoms with Gasteiger partial charge in [-0.1, -0.05) is 37.0 Å². The Morgan fingerprint density at radius 3 is 2.42 bits per heavy atom. The van der Waals surface area contributed by atoms with Crippen LogP contribution in [0.4, 0.5) is 10.5 Å². The normalized spacial score (nSPS) is 14.8. The molecule has 2 amide bonds. The molecule has 3 rings (SSSR count). The predicted octanol–water partition coefficient (Wildman–Crippen LogP) is 3.88. The van der Waals surface area contributed by atoms with Gasteiger partial charge in [-0.2, -0.15) is 5.10 Å². The van der Waals surface area contributed by atoms with Crippen LogP contribution >= 0.6 is 23.2 Å². The van der Waals surface area contributed by atoms with Gasteiger partial charge in [0.1, 0.15) is 5.82 Å². The van der Waals surface area contributed by atoms with Crippen molar-refractivity contribution in [2.75, 3.05) is 18.4 Å². The smallest absolute Gasteiger partial charge is 0.321 e. The molecule has 1 aliphatic heterocycles. The Morgan fingerprint density at radius 1 is 1.25 bits per heavy atom. The van der Waals surface area contributed by atoms with Crippen LogP contribution in [0, 0.1) is 0 Å². The predicted molar refractivity (Wildman–Crippen MR) is 94.9 cm³/mol. The zero-order chi connectivity index (χ0) is 17.4. The van der Waals surface area contributed by atoms with E-state index < -0.39 is 0 Å². The molecular formula is C16H19Cl2N5O. The largest absolute Gasteiger partial charge is 0.323 e. The number of hydrogen-bond acceptors (Lipinski definition) is 3. The van der Waals surface area contributed by atoms with Gasteiger partial charge < -0.3 is 10.2 Å². The third-order valence-corrected chi connectivity index (χ3v) is 4.41. The van der Waals surface area contributed by atoms with E-state index in [1.165, 1.54) is 0 Å². The molecule has 0 atom stereocenters. The van der Waals surface area contributed by atoms with E-state index in [1.807, 2.05) is 11.7 Å². The van der Waals surface area contributed by atoms with Crippen molar-refractivity contribution >= 4 is 34.9 Å². The number of urea groups is 1. The molecule has 1 aromatic heterocycles. The molecule has 0 unspecified atom stereocenters. The number of nitrogens with one attached hydrogen (secondary N) is 1. The summed E-state index contributed by atoms with van der Waals surface area (Å²) in [5, 5.41) is 8.21. The fourth-order valence-corrected chi connectivity index (χ4v) is 3.18. The highest BCUT2D eigenvalue weighted by atomic mass is 35.5. The highest BCUT2D eigenvalue weighted by Gasteiger charge is 2.35. The lowest BCUT2D eigenvalue weighted by atomic mass is 10.00. The molecule has 1 aromatic carbocycles. The molecule has 0 radical (unpaired) electrons. The Hall–Kier alpha value is -1.79. The van der Waals surface area contributed by atoms with Crippen molar-refractivity contribution in [3.8, 4) is 0 Å². The Morgan fingerprint density at radius 2 is 1.88 bits per heavy atom. The van der Waals surface area contributed by atoms with E-state index in [0.717, 1.165) is 11.6 Å². The van der Waals surface area contributed by atoms with E-state index in [9.17, 15) is 4.79 Å². The third-order valence-electron chi connectivity index (χ3n) is 3.98. The van der Waals surface area contributed by atoms with Gasteiger partial charge >= 0.3 is 6.03 Å². The van der Waals surface area contributed by atoms with Crippen molar-refractivity contribution in [1.29, 1.82) is 0 Å². The first kappa shape index (κ1) is 17.0. The maximum Gasteiger partial charge on any atom is 0.321 e. The molecule has 6 nitrogen and oxygen atoms in total. The molecular weight excluding hydrogens is 349 g/mol. The van der Waals surface area contributed by atoms with Crippen LogP contribution in [0.3, 0.4) is 0 Å². The summed E-state index contributed by atoms with van der Waals surface area (Å²) in [6, 6.07) is 4.79. The second-order valence-electron chi connectivity index (χ2n) is 6.30. The SMILES string of the molecule is CC(C)c1nc(C2CN(C(=O)Nc3cc(Cl)cc(Cl)c3)C2)n(C)n1. The highest BCUT2D eigenvalue weighted by Crippen LogP contribution is 2.28. The van der Waals surface area contributed by atoms with Crippen LogP contribution in [0.15, 0.2) is 18.2 Å². The molecule has 0 aliphatic carbocycles. The van der Waals surface area contributed by atoms with Crippen molar-refractivity contribution in [2.24, 2.45) is 7.05 Å². The molecule has 2 aromatic rings. The summed E-state index contributed by atoms with van der Waals surface area (Å²) in [6.07, 6.45) is 0. The van der Waals surface area contributed by atoms with Crippen LogP contribution in [-0.4, -0.2) is 38.8 Å². The Labute approximate surface area is 150 Å². The number of hydrogen-bond donors (Lipinski definition) is 1. The number of rotatable bonds is 3. The topological polar surface area (TPSA) is 63.1 Å². The minimum Gasteiger partial charge on any atom is -0.323 e. The number of nitrogens with zero attached hydrogens (tertiary/aromatic N) is 4. The molecule has 0 bridgehead atoms. The highest BCUT2D eigenvalue weighted by molar-refractivity contribution is 6.35. The first-order chi connectivity index (χ1) is 11.3. The van der Waals surface area contributed by atoms with Gasteiger partial charge in [0, 0.05) is 41.8 Å². The molecule has 0 saturated carbocycles. The van der Waals surface area contributed by atoms with E-state index in [4.69, 9.17) is 23.2 Å². The van der Waals surface area contributed by atoms with Crippen LogP contribution in [0.2, 0.25) is 10.0 Å². The molecule has 0 spiro atoms. The van der Waals surface area contributed by atoms with E-state index in [2.05, 4.69) is 29.2 Å². The zero-order valence-corrected chi connectivity index (χ0v) is 15.3. The van der Waals surface area contributed by atoms with Crippen molar-refractivity contribution in [3.05, 3.63) is 39.9 Å². The summed E-state index contributed by atoms with van der Waals surface area (Å²) in [6.45, 7) is 5.36. The minimum atomic E-state index is -0.171. The molecule has 24 heavy (non-hydrogen) atoms. The molecule has 2 heterocycles. The van der Waals surface area contributed by atoms with E-state index in [0.29, 0.717) is 28.8 Å². The fraction of sp³-hybridized carbons (Fsp3) is 0.438. The van der Waals surface area contributed by atoms with Crippen LogP contribution < -0.4 is 5.32 Å². The summed E-state index contributed by atoms with van der Waals surface area (Å²) in [5.41, 5.74) is 0.585. The number of aryl methyl sites for hydroxylation is 1. The van der Waals surface area contributed by atoms with Crippen molar-refractivity contribution in [2.45, 2.75) is 25.7 Å². The Kier molecular flexibility index (Phi) is 4.69. The van der Waals surface area contributed by atoms with Gasteiger partial charge in [-0.05, 0) is 18.2 Å². The second kappa shape index (κ2) is 6.61. The number of halogens is 2. The minimum absolute atomic E-state index is 0.171. The summed E-state index contributed by atoms with van der Waals surface area (Å²) in [4.78, 5) is 18.6. The third kappa shape index (κ3) is 3.49. The van der Waals surface area contributed by atoms with Crippen LogP contribution in [-0.2, 0) is 7.05 Å². The first-order valence-electron chi connectivity index (χ1n) is 7.76. The number of amides is 2. The molecule has 1 saturated heterocycles. The van der Waals surface area contributed by atoms with Crippen molar-refractivity contribution in [1.82, 2.24) is 19.7 Å². The fourth-order valence-electron chi connectivity index (χ4n) is 2.65. The number of benzene rings is 1. The van der Waals surface area contributed by atoms with Crippen molar-refractivity contribution in [3.63, 3.8) is 0 Å². The molecule has 1 N–H and O–H groups in total. The van der Waals surface area contributed by atoms with E-state index >= 15 is 0 Å². The lowest BCUT2D eigenvalue weighted by Gasteiger charge is -2.38. The van der Waals surface area contributed by atoms with Crippen LogP contribution in [0.5, 0.6) is 0 Å². The monoisotopic (exact) mass is 367 g/mol. The maximum absolute atomic E-state index is 12.3. The second-order valence-corrected chi connectivity index (χ2v) is 7.17. The number of carbonyl (C=O) groups excluding carboxylic acids is 1. The molecule has 128 valence electrons. The summed E-state index contributed by atoms with van der Waals surface area (Å²) >= 11 is 11.9. The number of likely N-dealkylation sites (tertiary alicyclic amines) is 1. The molecule has 8 heteroatoms. The Bertz CT molecular complexity index is 748. The lowest BCUT2D eigenvalue weighted by Crippen LogP contribution is -2.51. The number of anilines is 1. The van der Waals surface area contributed by atoms with Crippen LogP contribution in [0.25, 0.3) is 0 Å². The number of carbonyl (C=O) groups is 1. The standard InChI is InChI=1S/C16H19Cl2N5O/c1-9(2)14-20-15(22(3)21-14)10-7-23(8-10)16(24)19-13-5-11(17)4-12(18)6-13/h4-6,9-10H,7-8H2,1-3H3,(H,19,24). The molecule has 1 aliphatic rings. The van der Waals surface area contributed by atoms with Gasteiger partial charge in [0.2, 0.25) is 0 Å². The summed E-state index contributed by atoms with van der Waals surface area (Å²) < 4.78 is 1.81. The van der Waals surface area contributed by atoms with Gasteiger partial charge in [-0.3, -0.25) is 4.68 Å².